The number of hydrogen-bond donors (Lipinski definition) is 2. The zero-order valence-electron chi connectivity index (χ0n) is 19.8. The molecule has 34 heavy (non-hydrogen) atoms. The van der Waals surface area contributed by atoms with Crippen molar-refractivity contribution >= 4 is 17.6 Å². The van der Waals surface area contributed by atoms with Crippen LogP contribution >= 0.6 is 0 Å². The smallest absolute Gasteiger partial charge is 0.231 e. The van der Waals surface area contributed by atoms with Gasteiger partial charge in [-0.2, -0.15) is 0 Å². The molecule has 1 atom stereocenters. The fraction of sp³-hybridized carbons (Fsp3) is 0.423. The number of hydrogen-bond acceptors (Lipinski definition) is 6. The number of nitrogens with two attached hydrogens (primary N) is 1. The molecule has 0 unspecified atom stereocenters. The Morgan fingerprint density at radius 2 is 1.76 bits per heavy atom. The molecule has 3 N–H and O–H groups in total. The van der Waals surface area contributed by atoms with Gasteiger partial charge in [0.15, 0.2) is 23.2 Å². The van der Waals surface area contributed by atoms with Crippen molar-refractivity contribution in [3.63, 3.8) is 0 Å². The molecule has 2 aromatic carbocycles. The van der Waals surface area contributed by atoms with Crippen LogP contribution in [0.15, 0.2) is 53.5 Å². The minimum Gasteiger partial charge on any atom is -0.493 e. The molecule has 2 aromatic rings. The number of benzene rings is 2. The SMILES string of the molecule is COc1ccc(CC(=O)NC(N)=N[C@H](Cc2ccccc2)C(=O)CC2CCOCC2)cc1OC. The average molecular weight is 468 g/mol. The number of aliphatic imine (C=N–C) groups is 1. The maximum absolute atomic E-state index is 13.1. The molecule has 0 radical (unpaired) electrons. The summed E-state index contributed by atoms with van der Waals surface area (Å²) in [5.74, 6) is 1.04. The highest BCUT2D eigenvalue weighted by molar-refractivity contribution is 5.98. The van der Waals surface area contributed by atoms with Gasteiger partial charge in [-0.05, 0) is 42.0 Å². The normalized spacial score (nSPS) is 15.4. The summed E-state index contributed by atoms with van der Waals surface area (Å²) in [6, 6.07) is 14.3. The second-order valence-corrected chi connectivity index (χ2v) is 8.36. The molecule has 0 aromatic heterocycles. The third-order valence-electron chi connectivity index (χ3n) is 5.85. The largest absolute Gasteiger partial charge is 0.493 e. The summed E-state index contributed by atoms with van der Waals surface area (Å²) in [7, 11) is 3.09. The maximum Gasteiger partial charge on any atom is 0.231 e. The predicted octanol–water partition coefficient (Wildman–Crippen LogP) is 2.67. The highest BCUT2D eigenvalue weighted by Crippen LogP contribution is 2.27. The van der Waals surface area contributed by atoms with Crippen LogP contribution < -0.4 is 20.5 Å². The van der Waals surface area contributed by atoms with Gasteiger partial charge in [0.25, 0.3) is 0 Å². The number of nitrogens with zero attached hydrogens (tertiary/aromatic N) is 1. The monoisotopic (exact) mass is 467 g/mol. The Balaban J connectivity index is 1.67. The molecule has 0 aliphatic carbocycles. The van der Waals surface area contributed by atoms with E-state index in [1.165, 1.54) is 7.11 Å². The van der Waals surface area contributed by atoms with Crippen molar-refractivity contribution in [3.8, 4) is 11.5 Å². The van der Waals surface area contributed by atoms with Crippen molar-refractivity contribution < 1.29 is 23.8 Å². The summed E-state index contributed by atoms with van der Waals surface area (Å²) in [6.07, 6.45) is 2.67. The number of nitrogens with one attached hydrogen (secondary N) is 1. The van der Waals surface area contributed by atoms with Crippen molar-refractivity contribution in [3.05, 3.63) is 59.7 Å². The minimum absolute atomic E-state index is 0.0212. The Labute approximate surface area is 200 Å². The van der Waals surface area contributed by atoms with Crippen LogP contribution in [0.3, 0.4) is 0 Å². The van der Waals surface area contributed by atoms with Crippen LogP contribution in [0, 0.1) is 5.92 Å². The van der Waals surface area contributed by atoms with Crippen molar-refractivity contribution in [2.75, 3.05) is 27.4 Å². The van der Waals surface area contributed by atoms with Gasteiger partial charge in [0.05, 0.1) is 20.6 Å². The van der Waals surface area contributed by atoms with E-state index < -0.39 is 6.04 Å². The molecule has 1 heterocycles. The van der Waals surface area contributed by atoms with Crippen molar-refractivity contribution in [2.24, 2.45) is 16.6 Å². The zero-order valence-corrected chi connectivity index (χ0v) is 19.8. The first kappa shape index (κ1) is 25.2. The minimum atomic E-state index is -0.661. The molecular weight excluding hydrogens is 434 g/mol. The third kappa shape index (κ3) is 7.59. The van der Waals surface area contributed by atoms with E-state index in [2.05, 4.69) is 10.3 Å². The highest BCUT2D eigenvalue weighted by atomic mass is 16.5. The van der Waals surface area contributed by atoms with Gasteiger partial charge in [0.1, 0.15) is 6.04 Å². The molecule has 8 nitrogen and oxygen atoms in total. The molecule has 0 bridgehead atoms. The fourth-order valence-corrected chi connectivity index (χ4v) is 4.00. The maximum atomic E-state index is 13.1. The topological polar surface area (TPSA) is 112 Å². The number of methoxy groups -OCH3 is 2. The van der Waals surface area contributed by atoms with Crippen LogP contribution in [0.1, 0.15) is 30.4 Å². The van der Waals surface area contributed by atoms with E-state index in [1.807, 2.05) is 30.3 Å². The van der Waals surface area contributed by atoms with E-state index in [0.717, 1.165) is 24.0 Å². The number of guanidine groups is 1. The quantitative estimate of drug-likeness (QED) is 0.410. The van der Waals surface area contributed by atoms with E-state index in [9.17, 15) is 9.59 Å². The lowest BCUT2D eigenvalue weighted by Gasteiger charge is -2.23. The van der Waals surface area contributed by atoms with Crippen molar-refractivity contribution in [1.29, 1.82) is 0 Å². The Kier molecular flexibility index (Phi) is 9.46. The number of carbonyl (C=O) groups excluding carboxylic acids is 2. The Hall–Kier alpha value is -3.39. The van der Waals surface area contributed by atoms with Gasteiger partial charge >= 0.3 is 0 Å². The summed E-state index contributed by atoms with van der Waals surface area (Å²) in [4.78, 5) is 30.1. The predicted molar refractivity (Wildman–Crippen MR) is 130 cm³/mol. The number of amides is 1. The van der Waals surface area contributed by atoms with Gasteiger partial charge in [-0.1, -0.05) is 36.4 Å². The molecule has 1 fully saturated rings. The van der Waals surface area contributed by atoms with Crippen molar-refractivity contribution in [1.82, 2.24) is 5.32 Å². The van der Waals surface area contributed by atoms with Gasteiger partial charge in [-0.15, -0.1) is 0 Å². The number of rotatable bonds is 10. The third-order valence-corrected chi connectivity index (χ3v) is 5.85. The summed E-state index contributed by atoms with van der Waals surface area (Å²) < 4.78 is 15.9. The van der Waals surface area contributed by atoms with Crippen LogP contribution in [0.4, 0.5) is 0 Å². The zero-order chi connectivity index (χ0) is 24.3. The lowest BCUT2D eigenvalue weighted by Crippen LogP contribution is -2.40. The number of ether oxygens (including phenoxy) is 3. The number of Topliss-reactive ketones (excluding diaryl/α,β-unsaturated/α-hetero) is 1. The molecular formula is C26H33N3O5. The van der Waals surface area contributed by atoms with Gasteiger partial charge in [0, 0.05) is 26.1 Å². The summed E-state index contributed by atoms with van der Waals surface area (Å²) in [5.41, 5.74) is 7.78. The lowest BCUT2D eigenvalue weighted by atomic mass is 9.90. The lowest BCUT2D eigenvalue weighted by molar-refractivity contribution is -0.122. The van der Waals surface area contributed by atoms with E-state index in [-0.39, 0.29) is 30.0 Å². The Bertz CT molecular complexity index is 987. The van der Waals surface area contributed by atoms with Gasteiger partial charge in [0.2, 0.25) is 5.91 Å². The fourth-order valence-electron chi connectivity index (χ4n) is 4.00. The molecule has 1 aliphatic rings. The van der Waals surface area contributed by atoms with E-state index in [1.54, 1.807) is 25.3 Å². The first-order valence-corrected chi connectivity index (χ1v) is 11.5. The molecule has 8 heteroatoms. The Morgan fingerprint density at radius 1 is 1.06 bits per heavy atom. The Morgan fingerprint density at radius 3 is 2.44 bits per heavy atom. The van der Waals surface area contributed by atoms with Crippen molar-refractivity contribution in [2.45, 2.75) is 38.1 Å². The van der Waals surface area contributed by atoms with Gasteiger partial charge < -0.3 is 19.9 Å². The van der Waals surface area contributed by atoms with Gasteiger partial charge in [-0.3, -0.25) is 14.9 Å². The second-order valence-electron chi connectivity index (χ2n) is 8.36. The second kappa shape index (κ2) is 12.7. The standard InChI is InChI=1S/C26H33N3O5/c1-32-23-9-8-20(16-24(23)33-2)17-25(31)29-26(27)28-21(14-18-6-4-3-5-7-18)22(30)15-19-10-12-34-13-11-19/h3-9,16,19,21H,10-15,17H2,1-2H3,(H3,27,28,29,31)/t21-/m1/s1. The van der Waals surface area contributed by atoms with Crippen LogP contribution in [-0.2, 0) is 27.2 Å². The van der Waals surface area contributed by atoms with Crippen LogP contribution in [0.2, 0.25) is 0 Å². The average Bonchev–Trinajstić information content (AvgIpc) is 2.84. The van der Waals surface area contributed by atoms with E-state index >= 15 is 0 Å². The molecule has 0 saturated carbocycles. The van der Waals surface area contributed by atoms with Gasteiger partial charge in [-0.25, -0.2) is 4.99 Å². The molecule has 1 amide bonds. The first-order valence-electron chi connectivity index (χ1n) is 11.5. The van der Waals surface area contributed by atoms with E-state index in [0.29, 0.717) is 37.6 Å². The first-order chi connectivity index (χ1) is 16.5. The number of carbonyl (C=O) groups is 2. The highest BCUT2D eigenvalue weighted by Gasteiger charge is 2.24. The van der Waals surface area contributed by atoms with Crippen LogP contribution in [0.5, 0.6) is 11.5 Å². The van der Waals surface area contributed by atoms with E-state index in [4.69, 9.17) is 19.9 Å². The summed E-state index contributed by atoms with van der Waals surface area (Å²) in [6.45, 7) is 1.36. The summed E-state index contributed by atoms with van der Waals surface area (Å²) >= 11 is 0. The van der Waals surface area contributed by atoms with Crippen LogP contribution in [-0.4, -0.2) is 51.1 Å². The van der Waals surface area contributed by atoms with Crippen LogP contribution in [0.25, 0.3) is 0 Å². The molecule has 182 valence electrons. The number of ketones is 1. The molecule has 0 spiro atoms. The summed E-state index contributed by atoms with van der Waals surface area (Å²) in [5, 5.41) is 2.61. The molecule has 3 rings (SSSR count). The molecule has 1 aliphatic heterocycles. The molecule has 1 saturated heterocycles.